The zero-order chi connectivity index (χ0) is 35.6. The van der Waals surface area contributed by atoms with E-state index in [1.54, 1.807) is 16.0 Å². The summed E-state index contributed by atoms with van der Waals surface area (Å²) >= 11 is 0. The highest BCUT2D eigenvalue weighted by Crippen LogP contribution is 2.36. The molecule has 5 aromatic rings. The van der Waals surface area contributed by atoms with E-state index in [4.69, 9.17) is 24.4 Å². The first kappa shape index (κ1) is 34.7. The molecule has 1 saturated heterocycles. The van der Waals surface area contributed by atoms with Crippen LogP contribution in [-0.2, 0) is 16.0 Å². The number of benzene rings is 2. The number of likely N-dealkylation sites (tertiary alicyclic amines) is 1. The third-order valence-corrected chi connectivity index (χ3v) is 8.45. The fourth-order valence-electron chi connectivity index (χ4n) is 6.29. The van der Waals surface area contributed by atoms with Crippen molar-refractivity contribution < 1.29 is 19.1 Å². The van der Waals surface area contributed by atoms with Gasteiger partial charge in [0, 0.05) is 48.2 Å². The van der Waals surface area contributed by atoms with E-state index in [9.17, 15) is 9.59 Å². The van der Waals surface area contributed by atoms with Gasteiger partial charge in [-0.25, -0.2) is 19.6 Å². The number of ether oxygens (including phenoxy) is 2. The van der Waals surface area contributed by atoms with Crippen LogP contribution in [0.2, 0.25) is 0 Å². The summed E-state index contributed by atoms with van der Waals surface area (Å²) in [5, 5.41) is 1.01. The van der Waals surface area contributed by atoms with Crippen LogP contribution in [0.1, 0.15) is 85.4 Å². The van der Waals surface area contributed by atoms with Crippen LogP contribution in [0.3, 0.4) is 0 Å². The van der Waals surface area contributed by atoms with Crippen LogP contribution in [0.25, 0.3) is 44.5 Å². The first-order valence-corrected chi connectivity index (χ1v) is 17.4. The lowest BCUT2D eigenvalue weighted by atomic mass is 9.96. The van der Waals surface area contributed by atoms with Gasteiger partial charge in [0.2, 0.25) is 0 Å². The first-order chi connectivity index (χ1) is 23.8. The lowest BCUT2D eigenvalue weighted by molar-refractivity contribution is 0.0212. The van der Waals surface area contributed by atoms with E-state index >= 15 is 0 Å². The number of nitrogens with one attached hydrogen (secondary N) is 2. The molecule has 1 fully saturated rings. The summed E-state index contributed by atoms with van der Waals surface area (Å²) in [4.78, 5) is 50.2. The third-order valence-electron chi connectivity index (χ3n) is 8.45. The Kier molecular flexibility index (Phi) is 9.69. The number of fused-ring (bicyclic) bond motifs is 1. The molecule has 0 spiro atoms. The quantitative estimate of drug-likeness (QED) is 0.168. The van der Waals surface area contributed by atoms with Crippen molar-refractivity contribution in [2.45, 2.75) is 91.5 Å². The van der Waals surface area contributed by atoms with Crippen LogP contribution in [-0.4, -0.2) is 71.2 Å². The van der Waals surface area contributed by atoms with Crippen LogP contribution in [0.15, 0.2) is 67.1 Å². The fraction of sp³-hybridized carbons (Fsp3) is 0.410. The Balaban J connectivity index is 1.21. The Hall–Kier alpha value is -5.19. The maximum Gasteiger partial charge on any atom is 0.410 e. The summed E-state index contributed by atoms with van der Waals surface area (Å²) in [6.45, 7) is 14.8. The van der Waals surface area contributed by atoms with Gasteiger partial charge in [-0.05, 0) is 84.1 Å². The minimum atomic E-state index is -0.575. The summed E-state index contributed by atoms with van der Waals surface area (Å²) in [6, 6.07) is 16.4. The second kappa shape index (κ2) is 14.0. The van der Waals surface area contributed by atoms with Crippen molar-refractivity contribution in [3.8, 4) is 33.6 Å². The lowest BCUT2D eigenvalue weighted by Crippen LogP contribution is -2.37. The Morgan fingerprint density at radius 3 is 2.30 bits per heavy atom. The predicted molar refractivity (Wildman–Crippen MR) is 194 cm³/mol. The number of pyridine rings is 1. The average Bonchev–Trinajstić information content (AvgIpc) is 3.84. The van der Waals surface area contributed by atoms with E-state index < -0.39 is 11.2 Å². The largest absolute Gasteiger partial charge is 0.444 e. The summed E-state index contributed by atoms with van der Waals surface area (Å²) in [5.74, 6) is 1.44. The van der Waals surface area contributed by atoms with Crippen molar-refractivity contribution >= 4 is 23.1 Å². The number of hydrogen-bond acceptors (Lipinski definition) is 7. The van der Waals surface area contributed by atoms with Crippen molar-refractivity contribution in [1.82, 2.24) is 34.7 Å². The molecular weight excluding hydrogens is 630 g/mol. The fourth-order valence-corrected chi connectivity index (χ4v) is 6.29. The van der Waals surface area contributed by atoms with Gasteiger partial charge in [0.1, 0.15) is 22.9 Å². The van der Waals surface area contributed by atoms with Crippen molar-refractivity contribution in [3.63, 3.8) is 0 Å². The maximum atomic E-state index is 12.8. The summed E-state index contributed by atoms with van der Waals surface area (Å²) in [6.07, 6.45) is 7.45. The number of amides is 2. The average molecular weight is 678 g/mol. The monoisotopic (exact) mass is 677 g/mol. The normalized spacial score (nSPS) is 15.0. The zero-order valence-corrected chi connectivity index (χ0v) is 30.0. The molecule has 2 amide bonds. The van der Waals surface area contributed by atoms with Gasteiger partial charge in [0.25, 0.3) is 0 Å². The summed E-state index contributed by atoms with van der Waals surface area (Å²) < 4.78 is 11.3. The number of carbonyl (C=O) groups is 2. The molecule has 11 heteroatoms. The van der Waals surface area contributed by atoms with Gasteiger partial charge in [0.15, 0.2) is 0 Å². The highest BCUT2D eigenvalue weighted by molar-refractivity contribution is 6.02. The molecule has 0 aliphatic carbocycles. The molecule has 50 heavy (non-hydrogen) atoms. The van der Waals surface area contributed by atoms with Crippen LogP contribution in [0.5, 0.6) is 0 Å². The number of H-pyrrole nitrogens is 2. The standard InChI is InChI=1S/C39H47N7O4/c1-8-20-45(36(47)49-38(2,3)4)24-33-41-23-31(43-33)29-18-17-27(28-11-9-19-40-34(28)29)25-13-15-26(16-14-25)30-22-42-35(44-30)32-12-10-21-46(32)37(48)50-39(5,6)7/h9,11,13-19,22-23,32H,8,10,12,20-21,24H2,1-7H3,(H,41,43)(H,42,44)/t32-/m0/s1. The Labute approximate surface area is 293 Å². The highest BCUT2D eigenvalue weighted by atomic mass is 16.6. The number of aromatic nitrogens is 5. The molecule has 11 nitrogen and oxygen atoms in total. The Morgan fingerprint density at radius 1 is 0.880 bits per heavy atom. The second-order valence-corrected chi connectivity index (χ2v) is 14.8. The van der Waals surface area contributed by atoms with E-state index in [-0.39, 0.29) is 18.2 Å². The Bertz CT molecular complexity index is 1970. The van der Waals surface area contributed by atoms with Crippen molar-refractivity contribution in [1.29, 1.82) is 0 Å². The van der Waals surface area contributed by atoms with Crippen LogP contribution in [0.4, 0.5) is 9.59 Å². The van der Waals surface area contributed by atoms with Gasteiger partial charge in [-0.2, -0.15) is 0 Å². The molecule has 3 aromatic heterocycles. The molecule has 262 valence electrons. The molecule has 2 N–H and O–H groups in total. The molecule has 2 aromatic carbocycles. The Morgan fingerprint density at radius 2 is 1.58 bits per heavy atom. The predicted octanol–water partition coefficient (Wildman–Crippen LogP) is 8.90. The van der Waals surface area contributed by atoms with E-state index in [1.165, 1.54) is 0 Å². The highest BCUT2D eigenvalue weighted by Gasteiger charge is 2.35. The molecule has 1 aliphatic rings. The van der Waals surface area contributed by atoms with Crippen molar-refractivity contribution in [2.75, 3.05) is 13.1 Å². The van der Waals surface area contributed by atoms with E-state index in [0.717, 1.165) is 69.6 Å². The molecule has 0 saturated carbocycles. The molecular formula is C39H47N7O4. The minimum Gasteiger partial charge on any atom is -0.444 e. The van der Waals surface area contributed by atoms with Crippen molar-refractivity contribution in [2.24, 2.45) is 0 Å². The molecule has 4 heterocycles. The lowest BCUT2D eigenvalue weighted by Gasteiger charge is -2.27. The first-order valence-electron chi connectivity index (χ1n) is 17.4. The maximum absolute atomic E-state index is 12.8. The zero-order valence-electron chi connectivity index (χ0n) is 30.0. The minimum absolute atomic E-state index is 0.138. The van der Waals surface area contributed by atoms with E-state index in [0.29, 0.717) is 25.5 Å². The van der Waals surface area contributed by atoms with Crippen LogP contribution < -0.4 is 0 Å². The van der Waals surface area contributed by atoms with Crippen molar-refractivity contribution in [3.05, 3.63) is 78.8 Å². The molecule has 1 aliphatic heterocycles. The number of hydrogen-bond donors (Lipinski definition) is 2. The molecule has 0 radical (unpaired) electrons. The van der Waals surface area contributed by atoms with Gasteiger partial charge >= 0.3 is 12.2 Å². The smallest absolute Gasteiger partial charge is 0.410 e. The van der Waals surface area contributed by atoms with Gasteiger partial charge < -0.3 is 24.3 Å². The molecule has 0 unspecified atom stereocenters. The molecule has 1 atom stereocenters. The number of aromatic amines is 2. The van der Waals surface area contributed by atoms with Crippen LogP contribution >= 0.6 is 0 Å². The number of nitrogens with zero attached hydrogens (tertiary/aromatic N) is 5. The molecule has 6 rings (SSSR count). The van der Waals surface area contributed by atoms with E-state index in [2.05, 4.69) is 46.4 Å². The number of imidazole rings is 2. The number of rotatable bonds is 8. The topological polar surface area (TPSA) is 129 Å². The summed E-state index contributed by atoms with van der Waals surface area (Å²) in [7, 11) is 0. The summed E-state index contributed by atoms with van der Waals surface area (Å²) in [5.41, 5.74) is 5.28. The van der Waals surface area contributed by atoms with E-state index in [1.807, 2.05) is 73.0 Å². The second-order valence-electron chi connectivity index (χ2n) is 14.8. The van der Waals surface area contributed by atoms with Gasteiger partial charge in [-0.3, -0.25) is 9.88 Å². The molecule has 0 bridgehead atoms. The number of carbonyl (C=O) groups excluding carboxylic acids is 2. The van der Waals surface area contributed by atoms with Gasteiger partial charge in [-0.1, -0.05) is 43.3 Å². The third kappa shape index (κ3) is 7.82. The van der Waals surface area contributed by atoms with Gasteiger partial charge in [0.05, 0.1) is 29.5 Å². The van der Waals surface area contributed by atoms with Crippen LogP contribution in [0, 0.1) is 0 Å². The van der Waals surface area contributed by atoms with Gasteiger partial charge in [-0.15, -0.1) is 0 Å². The SMILES string of the molecule is CCCN(Cc1nc(-c2ccc(-c3ccc(-c4c[nH]c([C@@H]5CCCN5C(=O)OC(C)(C)C)n4)cc3)c3cccnc23)c[nH]1)C(=O)OC(C)(C)C.